The van der Waals surface area contributed by atoms with Gasteiger partial charge in [0.2, 0.25) is 0 Å². The van der Waals surface area contributed by atoms with Crippen LogP contribution in [0.15, 0.2) is 54.9 Å². The molecule has 0 saturated carbocycles. The number of rotatable bonds is 3. The van der Waals surface area contributed by atoms with E-state index < -0.39 is 6.10 Å². The number of anilines is 1. The predicted molar refractivity (Wildman–Crippen MR) is 121 cm³/mol. The van der Waals surface area contributed by atoms with Crippen LogP contribution in [0.3, 0.4) is 0 Å². The lowest BCUT2D eigenvalue weighted by atomic mass is 10.2. The third kappa shape index (κ3) is 3.93. The lowest BCUT2D eigenvalue weighted by Gasteiger charge is -2.39. The third-order valence-corrected chi connectivity index (χ3v) is 6.24. The fourth-order valence-corrected chi connectivity index (χ4v) is 4.43. The monoisotopic (exact) mass is 433 g/mol. The maximum Gasteiger partial charge on any atom is 0.274 e. The molecule has 1 aromatic carbocycles. The van der Waals surface area contributed by atoms with Crippen molar-refractivity contribution < 1.29 is 14.3 Å². The molecule has 2 saturated heterocycles. The summed E-state index contributed by atoms with van der Waals surface area (Å²) in [5, 5.41) is 0. The van der Waals surface area contributed by atoms with Crippen molar-refractivity contribution in [1.82, 2.24) is 19.2 Å². The van der Waals surface area contributed by atoms with Crippen LogP contribution in [0.2, 0.25) is 0 Å². The van der Waals surface area contributed by atoms with Crippen molar-refractivity contribution >= 4 is 23.1 Å². The van der Waals surface area contributed by atoms with Gasteiger partial charge < -0.3 is 23.8 Å². The van der Waals surface area contributed by atoms with Crippen molar-refractivity contribution in [3.63, 3.8) is 0 Å². The molecule has 8 nitrogen and oxygen atoms in total. The molecule has 2 aliphatic heterocycles. The fourth-order valence-electron chi connectivity index (χ4n) is 4.43. The topological polar surface area (TPSA) is 70.4 Å². The molecule has 2 amide bonds. The minimum atomic E-state index is -0.630. The number of carbonyl (C=O) groups excluding carboxylic acids is 2. The highest BCUT2D eigenvalue weighted by molar-refractivity contribution is 5.93. The number of hydrogen-bond acceptors (Lipinski definition) is 5. The maximum atomic E-state index is 13.1. The molecule has 2 aromatic heterocycles. The Hall–Kier alpha value is -3.39. The van der Waals surface area contributed by atoms with Gasteiger partial charge in [0.05, 0.1) is 13.2 Å². The second kappa shape index (κ2) is 8.63. The van der Waals surface area contributed by atoms with E-state index >= 15 is 0 Å². The number of ether oxygens (including phenoxy) is 1. The van der Waals surface area contributed by atoms with Gasteiger partial charge in [-0.3, -0.25) is 9.59 Å². The molecular formula is C24H27N5O3. The number of aryl methyl sites for hydroxylation is 1. The van der Waals surface area contributed by atoms with Gasteiger partial charge in [-0.25, -0.2) is 4.98 Å². The van der Waals surface area contributed by atoms with Crippen molar-refractivity contribution in [3.05, 3.63) is 66.1 Å². The van der Waals surface area contributed by atoms with E-state index in [2.05, 4.69) is 22.0 Å². The van der Waals surface area contributed by atoms with E-state index in [1.807, 2.05) is 52.8 Å². The summed E-state index contributed by atoms with van der Waals surface area (Å²) in [5.74, 6) is -0.204. The average molecular weight is 434 g/mol. The number of morpholine rings is 1. The molecule has 0 N–H and O–H groups in total. The molecule has 1 atom stereocenters. The largest absolute Gasteiger partial charge is 0.368 e. The summed E-state index contributed by atoms with van der Waals surface area (Å²) in [6.07, 6.45) is 3.00. The molecule has 0 spiro atoms. The Kier molecular flexibility index (Phi) is 5.53. The molecule has 3 aromatic rings. The Balaban J connectivity index is 1.22. The Labute approximate surface area is 187 Å². The van der Waals surface area contributed by atoms with Gasteiger partial charge in [-0.1, -0.05) is 24.3 Å². The molecule has 32 heavy (non-hydrogen) atoms. The van der Waals surface area contributed by atoms with Crippen LogP contribution in [0.5, 0.6) is 0 Å². The number of imidazole rings is 1. The first kappa shape index (κ1) is 20.5. The van der Waals surface area contributed by atoms with E-state index in [0.717, 1.165) is 24.3 Å². The van der Waals surface area contributed by atoms with E-state index in [1.54, 1.807) is 11.1 Å². The number of amides is 2. The highest BCUT2D eigenvalue weighted by Gasteiger charge is 2.34. The molecule has 0 aliphatic carbocycles. The van der Waals surface area contributed by atoms with Gasteiger partial charge >= 0.3 is 0 Å². The van der Waals surface area contributed by atoms with Crippen molar-refractivity contribution in [3.8, 4) is 0 Å². The van der Waals surface area contributed by atoms with Crippen molar-refractivity contribution in [2.75, 3.05) is 50.8 Å². The zero-order valence-electron chi connectivity index (χ0n) is 18.2. The van der Waals surface area contributed by atoms with Crippen LogP contribution in [-0.2, 0) is 9.53 Å². The van der Waals surface area contributed by atoms with Crippen LogP contribution in [0, 0.1) is 6.92 Å². The SMILES string of the molecule is Cc1cccn2cc(C(=O)N3CCO[C@H](C(=O)N4CCN(c5ccccc5)CC4)C3)nc12. The van der Waals surface area contributed by atoms with E-state index in [-0.39, 0.29) is 18.4 Å². The predicted octanol–water partition coefficient (Wildman–Crippen LogP) is 1.83. The fraction of sp³-hybridized carbons (Fsp3) is 0.375. The number of carbonyl (C=O) groups is 2. The summed E-state index contributed by atoms with van der Waals surface area (Å²) in [5.41, 5.74) is 3.35. The summed E-state index contributed by atoms with van der Waals surface area (Å²) < 4.78 is 7.63. The number of piperazine rings is 1. The summed E-state index contributed by atoms with van der Waals surface area (Å²) in [6, 6.07) is 14.1. The Morgan fingerprint density at radius 2 is 1.75 bits per heavy atom. The number of aromatic nitrogens is 2. The van der Waals surface area contributed by atoms with Crippen LogP contribution in [0.1, 0.15) is 16.1 Å². The smallest absolute Gasteiger partial charge is 0.274 e. The number of hydrogen-bond donors (Lipinski definition) is 0. The molecular weight excluding hydrogens is 406 g/mol. The summed E-state index contributed by atoms with van der Waals surface area (Å²) in [6.45, 7) is 5.88. The number of fused-ring (bicyclic) bond motifs is 1. The molecule has 2 aliphatic rings. The van der Waals surface area contributed by atoms with Crippen molar-refractivity contribution in [2.45, 2.75) is 13.0 Å². The van der Waals surface area contributed by atoms with Crippen LogP contribution < -0.4 is 4.90 Å². The van der Waals surface area contributed by atoms with E-state index in [0.29, 0.717) is 31.9 Å². The van der Waals surface area contributed by atoms with Gasteiger partial charge in [0.1, 0.15) is 11.3 Å². The zero-order valence-corrected chi connectivity index (χ0v) is 18.2. The summed E-state index contributed by atoms with van der Waals surface area (Å²) in [4.78, 5) is 36.5. The molecule has 0 radical (unpaired) electrons. The highest BCUT2D eigenvalue weighted by Crippen LogP contribution is 2.18. The first-order chi connectivity index (χ1) is 15.6. The minimum absolute atomic E-state index is 0.0407. The normalized spacial score (nSPS) is 19.4. The lowest BCUT2D eigenvalue weighted by Crippen LogP contribution is -2.56. The quantitative estimate of drug-likeness (QED) is 0.630. The average Bonchev–Trinajstić information content (AvgIpc) is 3.30. The Morgan fingerprint density at radius 1 is 0.969 bits per heavy atom. The van der Waals surface area contributed by atoms with Crippen LogP contribution in [0.25, 0.3) is 5.65 Å². The first-order valence-electron chi connectivity index (χ1n) is 11.0. The van der Waals surface area contributed by atoms with Gasteiger partial charge in [0.15, 0.2) is 6.10 Å². The second-order valence-electron chi connectivity index (χ2n) is 8.31. The van der Waals surface area contributed by atoms with Crippen LogP contribution in [-0.4, -0.2) is 83.0 Å². The Morgan fingerprint density at radius 3 is 2.50 bits per heavy atom. The Bertz CT molecular complexity index is 1120. The summed E-state index contributed by atoms with van der Waals surface area (Å²) in [7, 11) is 0. The molecule has 8 heteroatoms. The maximum absolute atomic E-state index is 13.1. The van der Waals surface area contributed by atoms with Crippen molar-refractivity contribution in [1.29, 1.82) is 0 Å². The number of nitrogens with zero attached hydrogens (tertiary/aromatic N) is 5. The van der Waals surface area contributed by atoms with E-state index in [1.165, 1.54) is 5.69 Å². The molecule has 166 valence electrons. The standard InChI is InChI=1S/C24H27N5O3/c1-18-6-5-9-28-16-20(25-22(18)28)23(30)29-14-15-32-21(17-29)24(31)27-12-10-26(11-13-27)19-7-3-2-4-8-19/h2-9,16,21H,10-15,17H2,1H3/t21-/m0/s1. The molecule has 0 bridgehead atoms. The minimum Gasteiger partial charge on any atom is -0.368 e. The lowest BCUT2D eigenvalue weighted by molar-refractivity contribution is -0.148. The highest BCUT2D eigenvalue weighted by atomic mass is 16.5. The number of benzene rings is 1. The van der Waals surface area contributed by atoms with Crippen molar-refractivity contribution in [2.24, 2.45) is 0 Å². The van der Waals surface area contributed by atoms with Gasteiger partial charge in [-0.15, -0.1) is 0 Å². The number of pyridine rings is 1. The van der Waals surface area contributed by atoms with E-state index in [4.69, 9.17) is 4.74 Å². The van der Waals surface area contributed by atoms with Crippen LogP contribution >= 0.6 is 0 Å². The van der Waals surface area contributed by atoms with Gasteiger partial charge in [0.25, 0.3) is 11.8 Å². The third-order valence-electron chi connectivity index (χ3n) is 6.24. The van der Waals surface area contributed by atoms with E-state index in [9.17, 15) is 9.59 Å². The van der Waals surface area contributed by atoms with Gasteiger partial charge in [-0.05, 0) is 30.7 Å². The second-order valence-corrected chi connectivity index (χ2v) is 8.31. The summed E-state index contributed by atoms with van der Waals surface area (Å²) >= 11 is 0. The zero-order chi connectivity index (χ0) is 22.1. The molecule has 2 fully saturated rings. The van der Waals surface area contributed by atoms with Gasteiger partial charge in [-0.2, -0.15) is 0 Å². The first-order valence-corrected chi connectivity index (χ1v) is 11.0. The molecule has 4 heterocycles. The van der Waals surface area contributed by atoms with Crippen LogP contribution in [0.4, 0.5) is 5.69 Å². The van der Waals surface area contributed by atoms with Gasteiger partial charge in [0, 0.05) is 50.8 Å². The molecule has 5 rings (SSSR count). The number of para-hydroxylation sites is 1. The molecule has 0 unspecified atom stereocenters.